The molecule has 0 saturated carbocycles. The fraction of sp³-hybridized carbons (Fsp3) is 0.333. The van der Waals surface area contributed by atoms with Crippen LogP contribution in [0.25, 0.3) is 0 Å². The van der Waals surface area contributed by atoms with Crippen molar-refractivity contribution in [3.8, 4) is 0 Å². The van der Waals surface area contributed by atoms with Crippen LogP contribution in [0.5, 0.6) is 0 Å². The molecule has 2 rings (SSSR count). The maximum Gasteiger partial charge on any atom is 0.182 e. The molecule has 0 aromatic carbocycles. The van der Waals surface area contributed by atoms with Crippen LogP contribution in [-0.2, 0) is 16.4 Å². The zero-order chi connectivity index (χ0) is 13.2. The lowest BCUT2D eigenvalue weighted by Gasteiger charge is -2.05. The number of nitrogens with two attached hydrogens (primary N) is 1. The van der Waals surface area contributed by atoms with Crippen LogP contribution in [0.1, 0.15) is 0 Å². The summed E-state index contributed by atoms with van der Waals surface area (Å²) in [5, 5.41) is 7.53. The van der Waals surface area contributed by atoms with E-state index in [2.05, 4.69) is 14.8 Å². The second-order valence-electron chi connectivity index (χ2n) is 3.69. The van der Waals surface area contributed by atoms with Gasteiger partial charge in [0.2, 0.25) is 0 Å². The molecule has 0 aliphatic heterocycles. The topological polar surface area (TPSA) is 103 Å². The molecule has 0 atom stereocenters. The molecule has 9 heteroatoms. The Morgan fingerprint density at radius 2 is 2.33 bits per heavy atom. The largest absolute Gasteiger partial charge is 0.382 e. The summed E-state index contributed by atoms with van der Waals surface area (Å²) in [6.07, 6.45) is 4.64. The number of hydrogen-bond acceptors (Lipinski definition) is 7. The summed E-state index contributed by atoms with van der Waals surface area (Å²) in [5.74, 6) is 0.0455. The number of sulfone groups is 1. The number of nitrogens with zero attached hydrogens (tertiary/aromatic N) is 3. The number of nitrogen functional groups attached to an aromatic ring is 1. The van der Waals surface area contributed by atoms with Gasteiger partial charge in [0.25, 0.3) is 0 Å². The van der Waals surface area contributed by atoms with Crippen molar-refractivity contribution in [3.05, 3.63) is 18.5 Å². The van der Waals surface area contributed by atoms with Gasteiger partial charge in [-0.25, -0.2) is 8.42 Å². The summed E-state index contributed by atoms with van der Waals surface area (Å²) in [6, 6.07) is 1.83. The molecule has 0 bridgehead atoms. The fourth-order valence-corrected chi connectivity index (χ4v) is 3.57. The van der Waals surface area contributed by atoms with E-state index in [9.17, 15) is 8.42 Å². The van der Waals surface area contributed by atoms with Crippen molar-refractivity contribution in [1.82, 2.24) is 14.2 Å². The predicted molar refractivity (Wildman–Crippen MR) is 70.4 cm³/mol. The molecule has 2 aromatic rings. The highest BCUT2D eigenvalue weighted by atomic mass is 32.2. The summed E-state index contributed by atoms with van der Waals surface area (Å²) >= 11 is 1.05. The zero-order valence-electron chi connectivity index (χ0n) is 9.70. The molecule has 0 fully saturated rings. The van der Waals surface area contributed by atoms with Crippen LogP contribution in [0, 0.1) is 0 Å². The molecule has 0 amide bonds. The molecule has 0 aliphatic rings. The average molecular weight is 287 g/mol. The minimum Gasteiger partial charge on any atom is -0.382 e. The zero-order valence-corrected chi connectivity index (χ0v) is 11.3. The molecule has 0 aliphatic carbocycles. The van der Waals surface area contributed by atoms with Gasteiger partial charge in [0, 0.05) is 25.2 Å². The second-order valence-corrected chi connectivity index (χ2v) is 6.42. The number of rotatable bonds is 5. The lowest BCUT2D eigenvalue weighted by atomic mass is 10.5. The monoisotopic (exact) mass is 287 g/mol. The summed E-state index contributed by atoms with van der Waals surface area (Å²) in [7, 11) is -3.37. The minimum absolute atomic E-state index is 0.0455. The van der Waals surface area contributed by atoms with Gasteiger partial charge in [0.05, 0.1) is 6.54 Å². The Labute approximate surface area is 109 Å². The van der Waals surface area contributed by atoms with E-state index in [-0.39, 0.29) is 10.7 Å². The van der Waals surface area contributed by atoms with E-state index in [1.165, 1.54) is 0 Å². The summed E-state index contributed by atoms with van der Waals surface area (Å²) in [4.78, 5) is 0.0768. The van der Waals surface area contributed by atoms with Gasteiger partial charge in [0.15, 0.2) is 15.7 Å². The second kappa shape index (κ2) is 4.94. The van der Waals surface area contributed by atoms with E-state index < -0.39 is 9.84 Å². The Morgan fingerprint density at radius 1 is 1.56 bits per heavy atom. The van der Waals surface area contributed by atoms with Crippen LogP contribution in [0.3, 0.4) is 0 Å². The number of nitrogens with one attached hydrogen (secondary N) is 1. The van der Waals surface area contributed by atoms with Gasteiger partial charge >= 0.3 is 0 Å². The van der Waals surface area contributed by atoms with Crippen molar-refractivity contribution in [3.63, 3.8) is 0 Å². The maximum absolute atomic E-state index is 11.6. The van der Waals surface area contributed by atoms with Crippen LogP contribution >= 0.6 is 11.5 Å². The van der Waals surface area contributed by atoms with E-state index in [0.29, 0.717) is 18.1 Å². The Morgan fingerprint density at radius 3 is 2.94 bits per heavy atom. The predicted octanol–water partition coefficient (Wildman–Crippen LogP) is 0.437. The van der Waals surface area contributed by atoms with Crippen molar-refractivity contribution >= 4 is 32.2 Å². The Balaban J connectivity index is 2.06. The van der Waals surface area contributed by atoms with Crippen molar-refractivity contribution in [2.45, 2.75) is 11.4 Å². The van der Waals surface area contributed by atoms with E-state index in [1.54, 1.807) is 10.9 Å². The lowest BCUT2D eigenvalue weighted by molar-refractivity contribution is 0.602. The molecule has 7 nitrogen and oxygen atoms in total. The summed E-state index contributed by atoms with van der Waals surface area (Å²) in [5.41, 5.74) is 5.56. The van der Waals surface area contributed by atoms with Gasteiger partial charge in [-0.2, -0.15) is 9.47 Å². The quantitative estimate of drug-likeness (QED) is 0.827. The van der Waals surface area contributed by atoms with Crippen LogP contribution in [-0.4, -0.2) is 35.4 Å². The third-order valence-corrected chi connectivity index (χ3v) is 4.33. The number of hydrogen-bond donors (Lipinski definition) is 2. The molecule has 0 saturated heterocycles. The first-order valence-corrected chi connectivity index (χ1v) is 7.81. The smallest absolute Gasteiger partial charge is 0.182 e. The molecule has 3 N–H and O–H groups in total. The van der Waals surface area contributed by atoms with Crippen molar-refractivity contribution in [2.24, 2.45) is 0 Å². The van der Waals surface area contributed by atoms with Crippen LogP contribution < -0.4 is 11.1 Å². The highest BCUT2D eigenvalue weighted by Gasteiger charge is 2.20. The first kappa shape index (κ1) is 12.8. The summed E-state index contributed by atoms with van der Waals surface area (Å²) < 4.78 is 28.7. The first-order chi connectivity index (χ1) is 8.48. The molecular weight excluding hydrogens is 274 g/mol. The average Bonchev–Trinajstić information content (AvgIpc) is 2.87. The van der Waals surface area contributed by atoms with E-state index >= 15 is 0 Å². The van der Waals surface area contributed by atoms with Crippen molar-refractivity contribution in [2.75, 3.05) is 23.9 Å². The van der Waals surface area contributed by atoms with Crippen molar-refractivity contribution in [1.29, 1.82) is 0 Å². The maximum atomic E-state index is 11.6. The Hall–Kier alpha value is -1.61. The molecule has 2 heterocycles. The van der Waals surface area contributed by atoms with Gasteiger partial charge in [-0.1, -0.05) is 0 Å². The van der Waals surface area contributed by atoms with Crippen LogP contribution in [0.2, 0.25) is 0 Å². The van der Waals surface area contributed by atoms with E-state index in [0.717, 1.165) is 17.8 Å². The van der Waals surface area contributed by atoms with Crippen molar-refractivity contribution < 1.29 is 8.42 Å². The highest BCUT2D eigenvalue weighted by molar-refractivity contribution is 7.91. The Kier molecular flexibility index (Phi) is 3.53. The van der Waals surface area contributed by atoms with Gasteiger partial charge in [-0.15, -0.1) is 0 Å². The third-order valence-electron chi connectivity index (χ3n) is 2.23. The van der Waals surface area contributed by atoms with Gasteiger partial charge in [-0.05, 0) is 17.6 Å². The number of aromatic nitrogens is 3. The molecule has 18 heavy (non-hydrogen) atoms. The SMILES string of the molecule is CS(=O)(=O)c1c(N)nsc1NCCn1cccn1. The Bertz CT molecular complexity index is 617. The summed E-state index contributed by atoms with van der Waals surface area (Å²) in [6.45, 7) is 1.18. The lowest BCUT2D eigenvalue weighted by Crippen LogP contribution is -2.12. The fourth-order valence-electron chi connectivity index (χ4n) is 1.48. The molecule has 2 aromatic heterocycles. The number of anilines is 2. The molecule has 0 spiro atoms. The van der Waals surface area contributed by atoms with Crippen LogP contribution in [0.4, 0.5) is 10.8 Å². The van der Waals surface area contributed by atoms with Gasteiger partial charge in [0.1, 0.15) is 9.90 Å². The van der Waals surface area contributed by atoms with E-state index in [4.69, 9.17) is 5.73 Å². The van der Waals surface area contributed by atoms with Gasteiger partial charge < -0.3 is 11.1 Å². The molecular formula is C9H13N5O2S2. The third kappa shape index (κ3) is 2.79. The van der Waals surface area contributed by atoms with Gasteiger partial charge in [-0.3, -0.25) is 4.68 Å². The highest BCUT2D eigenvalue weighted by Crippen LogP contribution is 2.30. The molecule has 0 unspecified atom stereocenters. The standard InChI is InChI=1S/C9H13N5O2S2/c1-18(15,16)7-8(10)13-17-9(7)11-4-6-14-5-2-3-12-14/h2-3,5,11H,4,6H2,1H3,(H2,10,13). The molecule has 0 radical (unpaired) electrons. The normalized spacial score (nSPS) is 11.6. The first-order valence-electron chi connectivity index (χ1n) is 5.15. The van der Waals surface area contributed by atoms with E-state index in [1.807, 2.05) is 12.3 Å². The van der Waals surface area contributed by atoms with Crippen LogP contribution in [0.15, 0.2) is 23.4 Å². The molecule has 98 valence electrons. The minimum atomic E-state index is -3.37.